The van der Waals surface area contributed by atoms with Crippen LogP contribution >= 0.6 is 0 Å². The average molecular weight is 298 g/mol. The van der Waals surface area contributed by atoms with Gasteiger partial charge in [0, 0.05) is 11.4 Å². The molecule has 0 atom stereocenters. The van der Waals surface area contributed by atoms with Gasteiger partial charge in [0.2, 0.25) is 0 Å². The highest BCUT2D eigenvalue weighted by atomic mass is 16.5. The van der Waals surface area contributed by atoms with E-state index in [0.717, 1.165) is 5.56 Å². The Bertz CT molecular complexity index is 649. The fraction of sp³-hybridized carbons (Fsp3) is 0.278. The minimum Gasteiger partial charge on any atom is -0.484 e. The summed E-state index contributed by atoms with van der Waals surface area (Å²) in [4.78, 5) is 11.9. The van der Waals surface area contributed by atoms with Gasteiger partial charge in [-0.1, -0.05) is 32.0 Å². The molecule has 1 amide bonds. The third-order valence-electron chi connectivity index (χ3n) is 3.48. The van der Waals surface area contributed by atoms with Crippen molar-refractivity contribution in [3.63, 3.8) is 0 Å². The molecule has 0 aromatic heterocycles. The largest absolute Gasteiger partial charge is 0.484 e. The molecule has 4 heteroatoms. The van der Waals surface area contributed by atoms with Crippen LogP contribution in [0.5, 0.6) is 5.75 Å². The van der Waals surface area contributed by atoms with Crippen molar-refractivity contribution < 1.29 is 9.53 Å². The number of ether oxygens (including phenoxy) is 1. The van der Waals surface area contributed by atoms with E-state index >= 15 is 0 Å². The van der Waals surface area contributed by atoms with Crippen LogP contribution in [0.4, 0.5) is 11.4 Å². The van der Waals surface area contributed by atoms with Gasteiger partial charge in [0.05, 0.1) is 0 Å². The summed E-state index contributed by atoms with van der Waals surface area (Å²) in [5, 5.41) is 2.77. The van der Waals surface area contributed by atoms with Crippen LogP contribution in [0.3, 0.4) is 0 Å². The lowest BCUT2D eigenvalue weighted by molar-refractivity contribution is -0.118. The number of nitrogens with two attached hydrogens (primary N) is 1. The lowest BCUT2D eigenvalue weighted by atomic mass is 10.0. The van der Waals surface area contributed by atoms with Crippen molar-refractivity contribution in [1.82, 2.24) is 0 Å². The fourth-order valence-corrected chi connectivity index (χ4v) is 2.01. The summed E-state index contributed by atoms with van der Waals surface area (Å²) < 4.78 is 5.49. The van der Waals surface area contributed by atoms with E-state index < -0.39 is 0 Å². The van der Waals surface area contributed by atoms with Gasteiger partial charge in [-0.3, -0.25) is 4.79 Å². The monoisotopic (exact) mass is 298 g/mol. The molecule has 0 heterocycles. The number of nitrogens with one attached hydrogen (secondary N) is 1. The number of nitrogen functional groups attached to an aromatic ring is 1. The van der Waals surface area contributed by atoms with Crippen LogP contribution in [0.15, 0.2) is 42.5 Å². The van der Waals surface area contributed by atoms with Gasteiger partial charge in [0.1, 0.15) is 5.75 Å². The lowest BCUT2D eigenvalue weighted by Gasteiger charge is -2.10. The van der Waals surface area contributed by atoms with Gasteiger partial charge >= 0.3 is 0 Å². The number of carbonyl (C=O) groups is 1. The van der Waals surface area contributed by atoms with Gasteiger partial charge in [-0.15, -0.1) is 0 Å². The molecule has 0 bridgehead atoms. The number of hydrogen-bond acceptors (Lipinski definition) is 3. The van der Waals surface area contributed by atoms with E-state index in [1.807, 2.05) is 43.3 Å². The summed E-state index contributed by atoms with van der Waals surface area (Å²) in [5.41, 5.74) is 9.37. The first-order chi connectivity index (χ1) is 10.5. The Hall–Kier alpha value is -2.49. The molecular formula is C18H22N2O2. The van der Waals surface area contributed by atoms with Crippen LogP contribution in [0, 0.1) is 6.92 Å². The van der Waals surface area contributed by atoms with Gasteiger partial charge in [-0.25, -0.2) is 0 Å². The first kappa shape index (κ1) is 15.9. The van der Waals surface area contributed by atoms with Crippen LogP contribution in [-0.4, -0.2) is 12.5 Å². The molecular weight excluding hydrogens is 276 g/mol. The highest BCUT2D eigenvalue weighted by Crippen LogP contribution is 2.19. The molecule has 0 fully saturated rings. The standard InChI is InChI=1S/C18H22N2O2/c1-12(2)14-5-8-16(9-6-14)22-11-18(21)20-15-7-4-13(3)17(19)10-15/h4-10,12H,11,19H2,1-3H3,(H,20,21). The Labute approximate surface area is 131 Å². The molecule has 2 aromatic rings. The summed E-state index contributed by atoms with van der Waals surface area (Å²) in [7, 11) is 0. The van der Waals surface area contributed by atoms with Crippen LogP contribution in [0.1, 0.15) is 30.9 Å². The van der Waals surface area contributed by atoms with E-state index in [-0.39, 0.29) is 12.5 Å². The molecule has 0 aliphatic carbocycles. The molecule has 0 aliphatic rings. The van der Waals surface area contributed by atoms with Crippen molar-refractivity contribution in [3.8, 4) is 5.75 Å². The Morgan fingerprint density at radius 3 is 2.45 bits per heavy atom. The molecule has 0 spiro atoms. The van der Waals surface area contributed by atoms with E-state index in [1.54, 1.807) is 6.07 Å². The number of aryl methyl sites for hydroxylation is 1. The Balaban J connectivity index is 1.88. The third-order valence-corrected chi connectivity index (χ3v) is 3.48. The lowest BCUT2D eigenvalue weighted by Crippen LogP contribution is -2.20. The van der Waals surface area contributed by atoms with E-state index in [0.29, 0.717) is 23.0 Å². The van der Waals surface area contributed by atoms with E-state index in [1.165, 1.54) is 5.56 Å². The molecule has 22 heavy (non-hydrogen) atoms. The number of amides is 1. The average Bonchev–Trinajstić information content (AvgIpc) is 2.49. The van der Waals surface area contributed by atoms with Crippen molar-refractivity contribution >= 4 is 17.3 Å². The quantitative estimate of drug-likeness (QED) is 0.827. The SMILES string of the molecule is Cc1ccc(NC(=O)COc2ccc(C(C)C)cc2)cc1N. The zero-order valence-corrected chi connectivity index (χ0v) is 13.2. The van der Waals surface area contributed by atoms with Gasteiger partial charge < -0.3 is 15.8 Å². The Kier molecular flexibility index (Phi) is 5.04. The smallest absolute Gasteiger partial charge is 0.262 e. The van der Waals surface area contributed by atoms with E-state index in [9.17, 15) is 4.79 Å². The summed E-state index contributed by atoms with van der Waals surface area (Å²) in [6, 6.07) is 13.2. The summed E-state index contributed by atoms with van der Waals surface area (Å²) in [5.74, 6) is 0.948. The van der Waals surface area contributed by atoms with Crippen molar-refractivity contribution in [2.75, 3.05) is 17.7 Å². The van der Waals surface area contributed by atoms with Gasteiger partial charge in [-0.05, 0) is 48.2 Å². The van der Waals surface area contributed by atoms with Gasteiger partial charge in [0.25, 0.3) is 5.91 Å². The molecule has 0 saturated carbocycles. The number of rotatable bonds is 5. The second-order valence-corrected chi connectivity index (χ2v) is 5.63. The summed E-state index contributed by atoms with van der Waals surface area (Å²) >= 11 is 0. The molecule has 0 saturated heterocycles. The van der Waals surface area contributed by atoms with Crippen molar-refractivity contribution in [3.05, 3.63) is 53.6 Å². The van der Waals surface area contributed by atoms with Gasteiger partial charge in [0.15, 0.2) is 6.61 Å². The predicted molar refractivity (Wildman–Crippen MR) is 90.2 cm³/mol. The maximum absolute atomic E-state index is 11.9. The van der Waals surface area contributed by atoms with E-state index in [2.05, 4.69) is 19.2 Å². The minimum absolute atomic E-state index is 0.0329. The zero-order valence-electron chi connectivity index (χ0n) is 13.2. The summed E-state index contributed by atoms with van der Waals surface area (Å²) in [6.07, 6.45) is 0. The maximum atomic E-state index is 11.9. The highest BCUT2D eigenvalue weighted by molar-refractivity contribution is 5.92. The Morgan fingerprint density at radius 2 is 1.86 bits per heavy atom. The first-order valence-electron chi connectivity index (χ1n) is 7.34. The molecule has 0 radical (unpaired) electrons. The molecule has 3 N–H and O–H groups in total. The Morgan fingerprint density at radius 1 is 1.18 bits per heavy atom. The van der Waals surface area contributed by atoms with Crippen LogP contribution in [0.2, 0.25) is 0 Å². The molecule has 2 aromatic carbocycles. The normalized spacial score (nSPS) is 10.5. The minimum atomic E-state index is -0.212. The van der Waals surface area contributed by atoms with Crippen LogP contribution in [0.25, 0.3) is 0 Å². The van der Waals surface area contributed by atoms with Crippen molar-refractivity contribution in [2.45, 2.75) is 26.7 Å². The molecule has 0 unspecified atom stereocenters. The molecule has 116 valence electrons. The topological polar surface area (TPSA) is 64.3 Å². The zero-order chi connectivity index (χ0) is 16.1. The fourth-order valence-electron chi connectivity index (χ4n) is 2.01. The van der Waals surface area contributed by atoms with Crippen molar-refractivity contribution in [2.24, 2.45) is 0 Å². The number of anilines is 2. The number of benzene rings is 2. The number of carbonyl (C=O) groups excluding carboxylic acids is 1. The second kappa shape index (κ2) is 6.98. The number of hydrogen-bond donors (Lipinski definition) is 2. The molecule has 2 rings (SSSR count). The molecule has 4 nitrogen and oxygen atoms in total. The van der Waals surface area contributed by atoms with Crippen LogP contribution < -0.4 is 15.8 Å². The van der Waals surface area contributed by atoms with Crippen molar-refractivity contribution in [1.29, 1.82) is 0 Å². The van der Waals surface area contributed by atoms with E-state index in [4.69, 9.17) is 10.5 Å². The van der Waals surface area contributed by atoms with Crippen LogP contribution in [-0.2, 0) is 4.79 Å². The highest BCUT2D eigenvalue weighted by Gasteiger charge is 2.05. The third kappa shape index (κ3) is 4.25. The van der Waals surface area contributed by atoms with Gasteiger partial charge in [-0.2, -0.15) is 0 Å². The maximum Gasteiger partial charge on any atom is 0.262 e. The second-order valence-electron chi connectivity index (χ2n) is 5.63. The first-order valence-corrected chi connectivity index (χ1v) is 7.34. The molecule has 0 aliphatic heterocycles. The summed E-state index contributed by atoms with van der Waals surface area (Å²) in [6.45, 7) is 6.16. The predicted octanol–water partition coefficient (Wildman–Crippen LogP) is 3.72.